The van der Waals surface area contributed by atoms with Crippen LogP contribution in [0.4, 0.5) is 0 Å². The van der Waals surface area contributed by atoms with Gasteiger partial charge in [-0.25, -0.2) is 9.97 Å². The molecule has 0 radical (unpaired) electrons. The number of rotatable bonds is 5. The second-order valence-electron chi connectivity index (χ2n) is 10.4. The maximum absolute atomic E-state index is 5.16. The van der Waals surface area contributed by atoms with Crippen LogP contribution < -0.4 is 0 Å². The summed E-state index contributed by atoms with van der Waals surface area (Å²) in [5.74, 6) is 0. The molecule has 43 heavy (non-hydrogen) atoms. The third kappa shape index (κ3) is 4.76. The minimum atomic E-state index is 0.873. The van der Waals surface area contributed by atoms with Crippen LogP contribution in [0.1, 0.15) is 0 Å². The number of aromatic nitrogens is 4. The second kappa shape index (κ2) is 10.7. The first-order valence-electron chi connectivity index (χ1n) is 14.1. The van der Waals surface area contributed by atoms with Gasteiger partial charge in [0.05, 0.1) is 22.8 Å². The average molecular weight is 569 g/mol. The van der Waals surface area contributed by atoms with Crippen molar-refractivity contribution in [2.75, 3.05) is 0 Å². The molecule has 0 bridgehead atoms. The minimum absolute atomic E-state index is 0.873. The Labute approximate surface area is 253 Å². The van der Waals surface area contributed by atoms with E-state index in [1.54, 1.807) is 24.8 Å². The van der Waals surface area contributed by atoms with Gasteiger partial charge < -0.3 is 0 Å². The van der Waals surface area contributed by atoms with Crippen molar-refractivity contribution in [3.63, 3.8) is 0 Å². The lowest BCUT2D eigenvalue weighted by Gasteiger charge is -2.11. The van der Waals surface area contributed by atoms with Crippen LogP contribution in [0, 0.1) is 0 Å². The molecule has 0 unspecified atom stereocenters. The molecule has 0 amide bonds. The van der Waals surface area contributed by atoms with Crippen molar-refractivity contribution in [2.45, 2.75) is 0 Å². The van der Waals surface area contributed by atoms with Gasteiger partial charge in [0, 0.05) is 67.2 Å². The summed E-state index contributed by atoms with van der Waals surface area (Å²) in [6, 6.07) is 42.3. The highest BCUT2D eigenvalue weighted by Crippen LogP contribution is 2.40. The molecule has 0 atom stereocenters. The predicted molar refractivity (Wildman–Crippen MR) is 178 cm³/mol. The fourth-order valence-electron chi connectivity index (χ4n) is 5.60. The zero-order valence-electron chi connectivity index (χ0n) is 23.1. The van der Waals surface area contributed by atoms with Crippen LogP contribution in [0.25, 0.3) is 76.3 Å². The molecule has 0 fully saturated rings. The van der Waals surface area contributed by atoms with Gasteiger partial charge >= 0.3 is 0 Å². The van der Waals surface area contributed by atoms with Crippen LogP contribution in [0.3, 0.4) is 0 Å². The topological polar surface area (TPSA) is 51.6 Å². The third-order valence-electron chi connectivity index (χ3n) is 7.70. The van der Waals surface area contributed by atoms with E-state index in [0.29, 0.717) is 0 Å². The summed E-state index contributed by atoms with van der Waals surface area (Å²) in [6.45, 7) is 0. The van der Waals surface area contributed by atoms with E-state index < -0.39 is 0 Å². The fourth-order valence-corrected chi connectivity index (χ4v) is 6.83. The number of nitrogens with zero attached hydrogens (tertiary/aromatic N) is 4. The lowest BCUT2D eigenvalue weighted by atomic mass is 9.99. The first kappa shape index (κ1) is 25.2. The lowest BCUT2D eigenvalue weighted by Crippen LogP contribution is -1.94. The predicted octanol–water partition coefficient (Wildman–Crippen LogP) is 9.97. The van der Waals surface area contributed by atoms with Gasteiger partial charge in [0.2, 0.25) is 0 Å². The summed E-state index contributed by atoms with van der Waals surface area (Å²) in [4.78, 5) is 18.5. The summed E-state index contributed by atoms with van der Waals surface area (Å²) < 4.78 is 2.62. The van der Waals surface area contributed by atoms with Gasteiger partial charge in [0.15, 0.2) is 0 Å². The highest BCUT2D eigenvalue weighted by atomic mass is 32.1. The fraction of sp³-hybridized carbons (Fsp3) is 0. The van der Waals surface area contributed by atoms with Crippen LogP contribution in [0.2, 0.25) is 0 Å². The summed E-state index contributed by atoms with van der Waals surface area (Å²) in [5.41, 5.74) is 10.1. The molecule has 0 aliphatic carbocycles. The summed E-state index contributed by atoms with van der Waals surface area (Å²) in [6.07, 6.45) is 7.17. The van der Waals surface area contributed by atoms with Gasteiger partial charge in [-0.2, -0.15) is 0 Å². The van der Waals surface area contributed by atoms with Crippen molar-refractivity contribution in [1.29, 1.82) is 0 Å². The zero-order valence-corrected chi connectivity index (χ0v) is 23.9. The molecule has 0 aliphatic rings. The number of fused-ring (bicyclic) bond motifs is 3. The van der Waals surface area contributed by atoms with E-state index in [0.717, 1.165) is 45.0 Å². The Morgan fingerprint density at radius 3 is 1.72 bits per heavy atom. The first-order chi connectivity index (χ1) is 21.3. The molecular weight excluding hydrogens is 545 g/mol. The number of hydrogen-bond donors (Lipinski definition) is 0. The molecule has 202 valence electrons. The van der Waals surface area contributed by atoms with Crippen molar-refractivity contribution in [1.82, 2.24) is 19.9 Å². The minimum Gasteiger partial charge on any atom is -0.265 e. The van der Waals surface area contributed by atoms with E-state index in [4.69, 9.17) is 9.97 Å². The van der Waals surface area contributed by atoms with E-state index in [-0.39, 0.29) is 0 Å². The van der Waals surface area contributed by atoms with Crippen molar-refractivity contribution < 1.29 is 0 Å². The van der Waals surface area contributed by atoms with E-state index in [1.807, 2.05) is 35.6 Å². The van der Waals surface area contributed by atoms with Gasteiger partial charge in [-0.15, -0.1) is 11.3 Å². The molecule has 0 aliphatic heterocycles. The van der Waals surface area contributed by atoms with Gasteiger partial charge in [-0.1, -0.05) is 60.7 Å². The van der Waals surface area contributed by atoms with Crippen LogP contribution in [-0.2, 0) is 0 Å². The first-order valence-corrected chi connectivity index (χ1v) is 14.9. The number of benzene rings is 3. The smallest absolute Gasteiger partial charge is 0.0717 e. The van der Waals surface area contributed by atoms with Crippen LogP contribution in [-0.4, -0.2) is 19.9 Å². The Hall–Kier alpha value is -5.52. The maximum Gasteiger partial charge on any atom is 0.0717 e. The molecule has 4 nitrogen and oxygen atoms in total. The zero-order chi connectivity index (χ0) is 28.6. The van der Waals surface area contributed by atoms with E-state index in [2.05, 4.69) is 107 Å². The molecule has 0 saturated heterocycles. The monoisotopic (exact) mass is 568 g/mol. The molecule has 3 aromatic carbocycles. The van der Waals surface area contributed by atoms with Gasteiger partial charge in [-0.3, -0.25) is 9.97 Å². The maximum atomic E-state index is 5.16. The molecular formula is C38H24N4S. The van der Waals surface area contributed by atoms with Crippen LogP contribution >= 0.6 is 11.3 Å². The largest absolute Gasteiger partial charge is 0.265 e. The summed E-state index contributed by atoms with van der Waals surface area (Å²) >= 11 is 1.85. The number of thiophene rings is 1. The average Bonchev–Trinajstić information content (AvgIpc) is 3.48. The molecule has 0 spiro atoms. The van der Waals surface area contributed by atoms with Crippen molar-refractivity contribution in [2.24, 2.45) is 0 Å². The van der Waals surface area contributed by atoms with Gasteiger partial charge in [0.1, 0.15) is 0 Å². The normalized spacial score (nSPS) is 11.3. The quantitative estimate of drug-likeness (QED) is 0.207. The Morgan fingerprint density at radius 1 is 0.395 bits per heavy atom. The highest BCUT2D eigenvalue weighted by Gasteiger charge is 2.13. The van der Waals surface area contributed by atoms with E-state index in [1.165, 1.54) is 31.3 Å². The summed E-state index contributed by atoms with van der Waals surface area (Å²) in [7, 11) is 0. The molecule has 5 aromatic heterocycles. The number of hydrogen-bond acceptors (Lipinski definition) is 5. The summed E-state index contributed by atoms with van der Waals surface area (Å²) in [5, 5.41) is 2.61. The second-order valence-corrected chi connectivity index (χ2v) is 11.4. The third-order valence-corrected chi connectivity index (χ3v) is 8.92. The Morgan fingerprint density at radius 2 is 0.977 bits per heavy atom. The van der Waals surface area contributed by atoms with E-state index in [9.17, 15) is 0 Å². The Kier molecular flexibility index (Phi) is 6.28. The SMILES string of the molecule is c1cc(-c2cccc(-c3cc(-c4ccncc4)nc(-c4ccncc4)c3)n2)cc(-c2cccc3c2sc2ccccc23)c1. The van der Waals surface area contributed by atoms with Crippen LogP contribution in [0.5, 0.6) is 0 Å². The lowest BCUT2D eigenvalue weighted by molar-refractivity contribution is 1.26. The molecule has 8 rings (SSSR count). The molecule has 8 aromatic rings. The molecule has 5 heteroatoms. The standard InChI is InChI=1S/C38H24N4S/c1-2-13-37-31(8-1)32-10-4-9-30(38(32)43-37)27-6-3-7-28(22-27)33-11-5-12-34(41-33)29-23-35(25-14-18-39-19-15-25)42-36(24-29)26-16-20-40-21-17-26/h1-24H. The van der Waals surface area contributed by atoms with Crippen molar-refractivity contribution in [3.05, 3.63) is 146 Å². The molecule has 5 heterocycles. The van der Waals surface area contributed by atoms with Gasteiger partial charge in [0.25, 0.3) is 0 Å². The van der Waals surface area contributed by atoms with Gasteiger partial charge in [-0.05, 0) is 71.8 Å². The van der Waals surface area contributed by atoms with E-state index >= 15 is 0 Å². The Balaban J connectivity index is 1.22. The van der Waals surface area contributed by atoms with Crippen LogP contribution in [0.15, 0.2) is 146 Å². The number of pyridine rings is 4. The highest BCUT2D eigenvalue weighted by molar-refractivity contribution is 7.26. The molecule has 0 saturated carbocycles. The Bertz CT molecular complexity index is 2180. The molecule has 0 N–H and O–H groups in total. The van der Waals surface area contributed by atoms with Crippen molar-refractivity contribution >= 4 is 31.5 Å². The van der Waals surface area contributed by atoms with Crippen molar-refractivity contribution in [3.8, 4) is 56.2 Å².